The molecule has 2 amide bonds. The first-order chi connectivity index (χ1) is 13.9. The quantitative estimate of drug-likeness (QED) is 0.389. The van der Waals surface area contributed by atoms with Crippen molar-refractivity contribution < 1.29 is 14.3 Å². The van der Waals surface area contributed by atoms with Crippen LogP contribution in [-0.4, -0.2) is 24.1 Å². The highest BCUT2D eigenvalue weighted by molar-refractivity contribution is 7.17. The zero-order valence-electron chi connectivity index (χ0n) is 16.5. The average molecular weight is 434 g/mol. The maximum absolute atomic E-state index is 12.8. The van der Waals surface area contributed by atoms with Crippen molar-refractivity contribution >= 4 is 45.5 Å². The van der Waals surface area contributed by atoms with Crippen LogP contribution in [0.2, 0.25) is 5.02 Å². The first kappa shape index (κ1) is 21.3. The van der Waals surface area contributed by atoms with Crippen molar-refractivity contribution in [2.24, 2.45) is 5.10 Å². The fourth-order valence-corrected chi connectivity index (χ4v) is 4.56. The van der Waals surface area contributed by atoms with Gasteiger partial charge in [-0.1, -0.05) is 18.0 Å². The van der Waals surface area contributed by atoms with Crippen LogP contribution in [0.5, 0.6) is 5.75 Å². The highest BCUT2D eigenvalue weighted by atomic mass is 35.5. The molecule has 1 aliphatic carbocycles. The lowest BCUT2D eigenvalue weighted by Crippen LogP contribution is -2.24. The predicted molar refractivity (Wildman–Crippen MR) is 117 cm³/mol. The van der Waals surface area contributed by atoms with Gasteiger partial charge in [0, 0.05) is 15.6 Å². The Morgan fingerprint density at radius 3 is 2.59 bits per heavy atom. The van der Waals surface area contributed by atoms with Gasteiger partial charge >= 0.3 is 0 Å². The molecule has 29 heavy (non-hydrogen) atoms. The van der Waals surface area contributed by atoms with Crippen LogP contribution < -0.4 is 15.5 Å². The minimum atomic E-state index is -0.319. The molecule has 1 heterocycles. The van der Waals surface area contributed by atoms with E-state index in [1.165, 1.54) is 16.2 Å². The molecule has 1 aromatic heterocycles. The molecule has 0 saturated heterocycles. The Labute approximate surface area is 179 Å². The van der Waals surface area contributed by atoms with Gasteiger partial charge in [-0.25, -0.2) is 5.43 Å². The Hall–Kier alpha value is -2.38. The Morgan fingerprint density at radius 1 is 1.14 bits per heavy atom. The number of aryl methyl sites for hydroxylation is 1. The van der Waals surface area contributed by atoms with Crippen LogP contribution in [0.4, 0.5) is 5.00 Å². The fraction of sp³-hybridized carbons (Fsp3) is 0.381. The molecule has 0 spiro atoms. The van der Waals surface area contributed by atoms with Gasteiger partial charge in [-0.15, -0.1) is 11.3 Å². The maximum atomic E-state index is 12.8. The summed E-state index contributed by atoms with van der Waals surface area (Å²) in [5, 5.41) is 8.05. The van der Waals surface area contributed by atoms with Crippen LogP contribution in [0.1, 0.15) is 53.9 Å². The standard InChI is InChI=1S/C21H24ClN3O3S/c1-13(2)24-25-20(27)19-16-6-4-3-5-7-17(16)29-21(19)23-18(26)12-28-15-10-8-14(22)9-11-15/h8-11H,3-7,12H2,1-2H3,(H,23,26)(H,25,27). The number of nitrogens with one attached hydrogen (secondary N) is 2. The molecule has 1 aliphatic rings. The molecule has 1 aromatic carbocycles. The van der Waals surface area contributed by atoms with Gasteiger partial charge in [0.25, 0.3) is 11.8 Å². The van der Waals surface area contributed by atoms with Gasteiger partial charge < -0.3 is 10.1 Å². The van der Waals surface area contributed by atoms with Gasteiger partial charge in [-0.05, 0) is 69.4 Å². The summed E-state index contributed by atoms with van der Waals surface area (Å²) in [5.41, 5.74) is 4.90. The SMILES string of the molecule is CC(C)=NNC(=O)c1c(NC(=O)COc2ccc(Cl)cc2)sc2c1CCCCC2. The lowest BCUT2D eigenvalue weighted by atomic mass is 10.1. The van der Waals surface area contributed by atoms with E-state index in [1.807, 2.05) is 13.8 Å². The first-order valence-electron chi connectivity index (χ1n) is 9.58. The van der Waals surface area contributed by atoms with E-state index < -0.39 is 0 Å². The smallest absolute Gasteiger partial charge is 0.274 e. The Bertz CT molecular complexity index is 918. The highest BCUT2D eigenvalue weighted by Gasteiger charge is 2.25. The first-order valence-corrected chi connectivity index (χ1v) is 10.8. The van der Waals surface area contributed by atoms with E-state index in [4.69, 9.17) is 16.3 Å². The van der Waals surface area contributed by atoms with Gasteiger partial charge in [0.1, 0.15) is 10.8 Å². The molecular weight excluding hydrogens is 410 g/mol. The largest absolute Gasteiger partial charge is 0.484 e. The summed E-state index contributed by atoms with van der Waals surface area (Å²) < 4.78 is 5.51. The molecule has 2 aromatic rings. The molecule has 6 nitrogen and oxygen atoms in total. The Morgan fingerprint density at radius 2 is 1.86 bits per heavy atom. The van der Waals surface area contributed by atoms with Crippen LogP contribution in [0.3, 0.4) is 0 Å². The van der Waals surface area contributed by atoms with Crippen molar-refractivity contribution in [2.75, 3.05) is 11.9 Å². The predicted octanol–water partition coefficient (Wildman–Crippen LogP) is 4.81. The second-order valence-electron chi connectivity index (χ2n) is 7.06. The van der Waals surface area contributed by atoms with Gasteiger partial charge in [0.05, 0.1) is 5.56 Å². The van der Waals surface area contributed by atoms with Crippen molar-refractivity contribution in [3.63, 3.8) is 0 Å². The van der Waals surface area contributed by atoms with Crippen molar-refractivity contribution in [1.82, 2.24) is 5.43 Å². The molecule has 0 atom stereocenters. The van der Waals surface area contributed by atoms with E-state index in [0.29, 0.717) is 21.3 Å². The van der Waals surface area contributed by atoms with Crippen LogP contribution >= 0.6 is 22.9 Å². The number of ether oxygens (including phenoxy) is 1. The van der Waals surface area contributed by atoms with Crippen molar-refractivity contribution in [1.29, 1.82) is 0 Å². The van der Waals surface area contributed by atoms with E-state index in [2.05, 4.69) is 15.8 Å². The van der Waals surface area contributed by atoms with Gasteiger partial charge in [-0.3, -0.25) is 9.59 Å². The van der Waals surface area contributed by atoms with E-state index in [0.717, 1.165) is 43.4 Å². The fourth-order valence-electron chi connectivity index (χ4n) is 3.13. The number of hydrazone groups is 1. The molecule has 0 unspecified atom stereocenters. The molecule has 2 N–H and O–H groups in total. The molecule has 0 saturated carbocycles. The molecule has 154 valence electrons. The second kappa shape index (κ2) is 9.89. The van der Waals surface area contributed by atoms with E-state index in [-0.39, 0.29) is 18.4 Å². The van der Waals surface area contributed by atoms with Gasteiger partial charge in [0.2, 0.25) is 0 Å². The third-order valence-corrected chi connectivity index (χ3v) is 5.93. The number of thiophene rings is 1. The summed E-state index contributed by atoms with van der Waals surface area (Å²) >= 11 is 7.33. The van der Waals surface area contributed by atoms with E-state index in [9.17, 15) is 9.59 Å². The molecule has 0 fully saturated rings. The summed E-state index contributed by atoms with van der Waals surface area (Å²) in [5.74, 6) is -0.0580. The van der Waals surface area contributed by atoms with Crippen LogP contribution in [0.25, 0.3) is 0 Å². The third-order valence-electron chi connectivity index (χ3n) is 4.47. The number of fused-ring (bicyclic) bond motifs is 1. The number of carbonyl (C=O) groups is 2. The maximum Gasteiger partial charge on any atom is 0.274 e. The summed E-state index contributed by atoms with van der Waals surface area (Å²) in [7, 11) is 0. The number of carbonyl (C=O) groups excluding carboxylic acids is 2. The van der Waals surface area contributed by atoms with Crippen molar-refractivity contribution in [3.05, 3.63) is 45.3 Å². The van der Waals surface area contributed by atoms with Gasteiger partial charge in [0.15, 0.2) is 6.61 Å². The van der Waals surface area contributed by atoms with Crippen LogP contribution in [0, 0.1) is 0 Å². The summed E-state index contributed by atoms with van der Waals surface area (Å²) in [4.78, 5) is 26.4. The number of hydrogen-bond acceptors (Lipinski definition) is 5. The lowest BCUT2D eigenvalue weighted by molar-refractivity contribution is -0.118. The van der Waals surface area contributed by atoms with Crippen molar-refractivity contribution in [3.8, 4) is 5.75 Å². The van der Waals surface area contributed by atoms with E-state index in [1.54, 1.807) is 24.3 Å². The number of nitrogens with zero attached hydrogens (tertiary/aromatic N) is 1. The van der Waals surface area contributed by atoms with Crippen LogP contribution in [0.15, 0.2) is 29.4 Å². The number of amides is 2. The van der Waals surface area contributed by atoms with Gasteiger partial charge in [-0.2, -0.15) is 5.10 Å². The normalized spacial score (nSPS) is 13.1. The molecule has 0 aliphatic heterocycles. The minimum absolute atomic E-state index is 0.155. The zero-order valence-corrected chi connectivity index (χ0v) is 18.1. The highest BCUT2D eigenvalue weighted by Crippen LogP contribution is 2.37. The molecule has 3 rings (SSSR count). The summed E-state index contributed by atoms with van der Waals surface area (Å²) in [6.07, 6.45) is 5.03. The Balaban J connectivity index is 1.76. The third kappa shape index (κ3) is 5.81. The number of halogens is 1. The molecule has 0 radical (unpaired) electrons. The van der Waals surface area contributed by atoms with E-state index >= 15 is 0 Å². The summed E-state index contributed by atoms with van der Waals surface area (Å²) in [6, 6.07) is 6.80. The van der Waals surface area contributed by atoms with Crippen LogP contribution in [-0.2, 0) is 17.6 Å². The monoisotopic (exact) mass is 433 g/mol. The number of benzene rings is 1. The number of hydrogen-bond donors (Lipinski definition) is 2. The lowest BCUT2D eigenvalue weighted by Gasteiger charge is -2.09. The number of rotatable bonds is 6. The summed E-state index contributed by atoms with van der Waals surface area (Å²) in [6.45, 7) is 3.47. The minimum Gasteiger partial charge on any atom is -0.484 e. The molecular formula is C21H24ClN3O3S. The Kier molecular flexibility index (Phi) is 7.28. The molecule has 8 heteroatoms. The van der Waals surface area contributed by atoms with Crippen molar-refractivity contribution in [2.45, 2.75) is 46.0 Å². The topological polar surface area (TPSA) is 79.8 Å². The number of anilines is 1. The second-order valence-corrected chi connectivity index (χ2v) is 8.60. The average Bonchev–Trinajstić information content (AvgIpc) is 2.86. The molecule has 0 bridgehead atoms. The zero-order chi connectivity index (χ0) is 20.8.